The van der Waals surface area contributed by atoms with E-state index in [4.69, 9.17) is 5.26 Å². The Hall–Kier alpha value is -2.54. The lowest BCUT2D eigenvalue weighted by Crippen LogP contribution is -1.98. The fourth-order valence-electron chi connectivity index (χ4n) is 1.41. The number of cyclic esters (lactones) is 1. The van der Waals surface area contributed by atoms with Gasteiger partial charge in [0.25, 0.3) is 0 Å². The number of aliphatic hydroxyl groups is 1. The van der Waals surface area contributed by atoms with Crippen LogP contribution in [-0.4, -0.2) is 11.1 Å². The van der Waals surface area contributed by atoms with E-state index in [1.165, 1.54) is 0 Å². The number of aliphatic hydroxyl groups excluding tert-OH is 1. The number of carbonyl (C=O) groups is 1. The fourth-order valence-corrected chi connectivity index (χ4v) is 1.41. The second-order valence-electron chi connectivity index (χ2n) is 3.23. The van der Waals surface area contributed by atoms with Gasteiger partial charge in [-0.2, -0.15) is 5.26 Å². The molecule has 0 saturated heterocycles. The van der Waals surface area contributed by atoms with E-state index in [2.05, 4.69) is 11.3 Å². The summed E-state index contributed by atoms with van der Waals surface area (Å²) >= 11 is 0. The zero-order valence-electron chi connectivity index (χ0n) is 10.2. The van der Waals surface area contributed by atoms with Gasteiger partial charge in [0.15, 0.2) is 11.5 Å². The molecule has 0 bridgehead atoms. The van der Waals surface area contributed by atoms with Crippen LogP contribution in [0, 0.1) is 11.3 Å². The van der Waals surface area contributed by atoms with Crippen molar-refractivity contribution < 1.29 is 14.6 Å². The van der Waals surface area contributed by atoms with Gasteiger partial charge in [-0.05, 0) is 17.7 Å². The van der Waals surface area contributed by atoms with Crippen LogP contribution in [0.4, 0.5) is 0 Å². The molecular formula is C14H13NO3. The number of hydrogen-bond acceptors (Lipinski definition) is 4. The van der Waals surface area contributed by atoms with Gasteiger partial charge < -0.3 is 9.84 Å². The SMILES string of the molecule is C=C1OC(=O)C(c2ccc(C#N)cc2)=C1O.CC. The van der Waals surface area contributed by atoms with Crippen LogP contribution in [0.3, 0.4) is 0 Å². The molecule has 1 heterocycles. The Balaban J connectivity index is 0.000000771. The smallest absolute Gasteiger partial charge is 0.348 e. The van der Waals surface area contributed by atoms with Crippen LogP contribution in [-0.2, 0) is 9.53 Å². The molecule has 92 valence electrons. The maximum absolute atomic E-state index is 11.4. The first kappa shape index (κ1) is 13.5. The van der Waals surface area contributed by atoms with Gasteiger partial charge in [0.05, 0.1) is 11.6 Å². The first-order valence-electron chi connectivity index (χ1n) is 5.48. The van der Waals surface area contributed by atoms with Crippen molar-refractivity contribution in [3.63, 3.8) is 0 Å². The summed E-state index contributed by atoms with van der Waals surface area (Å²) in [4.78, 5) is 11.4. The van der Waals surface area contributed by atoms with Gasteiger partial charge in [-0.1, -0.05) is 32.6 Å². The summed E-state index contributed by atoms with van der Waals surface area (Å²) < 4.78 is 4.67. The number of hydrogen-bond donors (Lipinski definition) is 1. The van der Waals surface area contributed by atoms with Crippen LogP contribution in [0.2, 0.25) is 0 Å². The number of carbonyl (C=O) groups excluding carboxylic acids is 1. The molecule has 1 aliphatic rings. The molecule has 0 amide bonds. The summed E-state index contributed by atoms with van der Waals surface area (Å²) in [6.07, 6.45) is 0. The van der Waals surface area contributed by atoms with E-state index in [0.717, 1.165) is 0 Å². The van der Waals surface area contributed by atoms with Crippen molar-refractivity contribution in [1.29, 1.82) is 5.26 Å². The molecule has 1 aliphatic heterocycles. The minimum Gasteiger partial charge on any atom is -0.504 e. The summed E-state index contributed by atoms with van der Waals surface area (Å²) in [5.41, 5.74) is 1.06. The van der Waals surface area contributed by atoms with Gasteiger partial charge in [0.2, 0.25) is 0 Å². The van der Waals surface area contributed by atoms with E-state index in [1.54, 1.807) is 24.3 Å². The molecule has 0 aromatic heterocycles. The minimum atomic E-state index is -0.632. The molecule has 0 saturated carbocycles. The normalized spacial score (nSPS) is 13.6. The Morgan fingerprint density at radius 1 is 1.28 bits per heavy atom. The Labute approximate surface area is 105 Å². The van der Waals surface area contributed by atoms with Crippen molar-refractivity contribution in [3.8, 4) is 6.07 Å². The van der Waals surface area contributed by atoms with Crippen LogP contribution in [0.25, 0.3) is 5.57 Å². The minimum absolute atomic E-state index is 0.0515. The number of rotatable bonds is 1. The third-order valence-corrected chi connectivity index (χ3v) is 2.22. The lowest BCUT2D eigenvalue weighted by molar-refractivity contribution is -0.131. The summed E-state index contributed by atoms with van der Waals surface area (Å²) in [5, 5.41) is 18.2. The van der Waals surface area contributed by atoms with Crippen molar-refractivity contribution >= 4 is 11.5 Å². The Morgan fingerprint density at radius 2 is 1.83 bits per heavy atom. The molecule has 1 N–H and O–H groups in total. The monoisotopic (exact) mass is 243 g/mol. The van der Waals surface area contributed by atoms with Crippen LogP contribution >= 0.6 is 0 Å². The highest BCUT2D eigenvalue weighted by Gasteiger charge is 2.29. The largest absolute Gasteiger partial charge is 0.504 e. The third-order valence-electron chi connectivity index (χ3n) is 2.22. The van der Waals surface area contributed by atoms with Crippen molar-refractivity contribution in [2.24, 2.45) is 0 Å². The fraction of sp³-hybridized carbons (Fsp3) is 0.143. The number of nitrogens with zero attached hydrogens (tertiary/aromatic N) is 1. The Bertz CT molecular complexity index is 547. The zero-order valence-corrected chi connectivity index (χ0v) is 10.2. The van der Waals surface area contributed by atoms with Crippen LogP contribution < -0.4 is 0 Å². The second kappa shape index (κ2) is 5.69. The Kier molecular flexibility index (Phi) is 4.27. The highest BCUT2D eigenvalue weighted by Crippen LogP contribution is 2.30. The molecule has 0 aliphatic carbocycles. The predicted octanol–water partition coefficient (Wildman–Crippen LogP) is 2.92. The zero-order chi connectivity index (χ0) is 13.7. The number of ether oxygens (including phenoxy) is 1. The van der Waals surface area contributed by atoms with Crippen LogP contribution in [0.15, 0.2) is 42.4 Å². The molecule has 0 radical (unpaired) electrons. The van der Waals surface area contributed by atoms with Gasteiger partial charge in [0, 0.05) is 0 Å². The van der Waals surface area contributed by atoms with Crippen molar-refractivity contribution in [2.45, 2.75) is 13.8 Å². The molecule has 0 atom stereocenters. The van der Waals surface area contributed by atoms with Crippen molar-refractivity contribution in [2.75, 3.05) is 0 Å². The van der Waals surface area contributed by atoms with E-state index < -0.39 is 5.97 Å². The van der Waals surface area contributed by atoms with E-state index in [0.29, 0.717) is 11.1 Å². The summed E-state index contributed by atoms with van der Waals surface area (Å²) in [6.45, 7) is 7.39. The average molecular weight is 243 g/mol. The van der Waals surface area contributed by atoms with E-state index in [-0.39, 0.29) is 17.1 Å². The number of benzene rings is 1. The quantitative estimate of drug-likeness (QED) is 0.770. The Morgan fingerprint density at radius 3 is 2.22 bits per heavy atom. The lowest BCUT2D eigenvalue weighted by Gasteiger charge is -1.98. The maximum Gasteiger partial charge on any atom is 0.348 e. The number of esters is 1. The average Bonchev–Trinajstić information content (AvgIpc) is 2.66. The second-order valence-corrected chi connectivity index (χ2v) is 3.23. The van der Waals surface area contributed by atoms with Gasteiger partial charge in [-0.3, -0.25) is 0 Å². The molecule has 0 fully saturated rings. The third kappa shape index (κ3) is 2.41. The molecule has 2 rings (SSSR count). The van der Waals surface area contributed by atoms with Gasteiger partial charge >= 0.3 is 5.97 Å². The highest BCUT2D eigenvalue weighted by molar-refractivity contribution is 6.20. The maximum atomic E-state index is 11.4. The van der Waals surface area contributed by atoms with Gasteiger partial charge in [-0.15, -0.1) is 0 Å². The first-order valence-corrected chi connectivity index (χ1v) is 5.48. The van der Waals surface area contributed by atoms with Gasteiger partial charge in [0.1, 0.15) is 5.57 Å². The molecule has 18 heavy (non-hydrogen) atoms. The van der Waals surface area contributed by atoms with E-state index in [1.807, 2.05) is 19.9 Å². The lowest BCUT2D eigenvalue weighted by atomic mass is 10.0. The van der Waals surface area contributed by atoms with Crippen molar-refractivity contribution in [3.05, 3.63) is 53.5 Å². The molecule has 4 heteroatoms. The topological polar surface area (TPSA) is 70.3 Å². The predicted molar refractivity (Wildman–Crippen MR) is 67.3 cm³/mol. The summed E-state index contributed by atoms with van der Waals surface area (Å²) in [5.74, 6) is -0.939. The molecule has 1 aromatic rings. The molecule has 4 nitrogen and oxygen atoms in total. The highest BCUT2D eigenvalue weighted by atomic mass is 16.6. The van der Waals surface area contributed by atoms with Gasteiger partial charge in [-0.25, -0.2) is 4.79 Å². The first-order chi connectivity index (χ1) is 8.63. The van der Waals surface area contributed by atoms with E-state index >= 15 is 0 Å². The summed E-state index contributed by atoms with van der Waals surface area (Å²) in [7, 11) is 0. The molecule has 1 aromatic carbocycles. The van der Waals surface area contributed by atoms with Crippen molar-refractivity contribution in [1.82, 2.24) is 0 Å². The van der Waals surface area contributed by atoms with E-state index in [9.17, 15) is 9.90 Å². The van der Waals surface area contributed by atoms with Crippen LogP contribution in [0.1, 0.15) is 25.0 Å². The molecule has 0 spiro atoms. The standard InChI is InChI=1S/C12H7NO3.C2H6/c1-7-11(14)10(12(15)16-7)9-4-2-8(6-13)3-5-9;1-2/h2-5,14H,1H2;1-2H3. The summed E-state index contributed by atoms with van der Waals surface area (Å²) in [6, 6.07) is 8.23. The molecule has 0 unspecified atom stereocenters. The number of nitriles is 1. The van der Waals surface area contributed by atoms with Crippen LogP contribution in [0.5, 0.6) is 0 Å². The molecular weight excluding hydrogens is 230 g/mol.